The summed E-state index contributed by atoms with van der Waals surface area (Å²) in [6.45, 7) is 4.44. The van der Waals surface area contributed by atoms with E-state index >= 15 is 0 Å². The molecule has 1 heterocycles. The summed E-state index contributed by atoms with van der Waals surface area (Å²) in [4.78, 5) is 12.1. The highest BCUT2D eigenvalue weighted by atomic mass is 16.5. The van der Waals surface area contributed by atoms with Crippen molar-refractivity contribution < 1.29 is 13.9 Å². The second-order valence-electron chi connectivity index (χ2n) is 7.29. The van der Waals surface area contributed by atoms with Crippen LogP contribution in [-0.2, 0) is 16.1 Å². The predicted octanol–water partition coefficient (Wildman–Crippen LogP) is 7.22. The van der Waals surface area contributed by atoms with Crippen LogP contribution in [0.15, 0.2) is 41.0 Å². The van der Waals surface area contributed by atoms with E-state index in [1.54, 1.807) is 6.26 Å². The molecule has 0 aliphatic rings. The molecule has 1 aromatic heterocycles. The minimum atomic E-state index is -0.113. The van der Waals surface area contributed by atoms with Crippen molar-refractivity contribution in [2.24, 2.45) is 0 Å². The normalized spacial score (nSPS) is 10.9. The van der Waals surface area contributed by atoms with Crippen LogP contribution in [-0.4, -0.2) is 5.97 Å². The van der Waals surface area contributed by atoms with Crippen LogP contribution < -0.4 is 0 Å². The van der Waals surface area contributed by atoms with Crippen molar-refractivity contribution in [2.45, 2.75) is 84.7 Å². The number of aryl methyl sites for hydroxylation is 1. The highest BCUT2D eigenvalue weighted by molar-refractivity contribution is 5.70. The molecule has 0 bridgehead atoms. The Hall–Kier alpha value is -2.03. The zero-order valence-corrected chi connectivity index (χ0v) is 17.0. The number of esters is 1. The third-order valence-corrected chi connectivity index (χ3v) is 5.05. The maximum absolute atomic E-state index is 12.1. The summed E-state index contributed by atoms with van der Waals surface area (Å²) >= 11 is 0. The predicted molar refractivity (Wildman–Crippen MR) is 111 cm³/mol. The topological polar surface area (TPSA) is 39.4 Å². The molecule has 1 aromatic carbocycles. The lowest BCUT2D eigenvalue weighted by Crippen LogP contribution is -2.05. The zero-order chi connectivity index (χ0) is 19.3. The van der Waals surface area contributed by atoms with E-state index in [4.69, 9.17) is 9.15 Å². The highest BCUT2D eigenvalue weighted by Crippen LogP contribution is 2.28. The summed E-state index contributed by atoms with van der Waals surface area (Å²) < 4.78 is 11.1. The molecule has 2 rings (SSSR count). The largest absolute Gasteiger partial charge is 0.469 e. The van der Waals surface area contributed by atoms with Gasteiger partial charge in [0.2, 0.25) is 0 Å². The first-order chi connectivity index (χ1) is 13.2. The number of furan rings is 1. The van der Waals surface area contributed by atoms with Gasteiger partial charge in [0.25, 0.3) is 0 Å². The fraction of sp³-hybridized carbons (Fsp3) is 0.542. The van der Waals surface area contributed by atoms with Gasteiger partial charge in [-0.05, 0) is 18.9 Å². The van der Waals surface area contributed by atoms with Gasteiger partial charge in [0.05, 0.1) is 6.26 Å². The average molecular weight is 371 g/mol. The van der Waals surface area contributed by atoms with Crippen LogP contribution in [0.5, 0.6) is 0 Å². The Morgan fingerprint density at radius 1 is 0.926 bits per heavy atom. The fourth-order valence-electron chi connectivity index (χ4n) is 3.32. The Bertz CT molecular complexity index is 658. The fourth-order valence-corrected chi connectivity index (χ4v) is 3.32. The average Bonchev–Trinajstić information content (AvgIpc) is 3.06. The molecule has 0 amide bonds. The quantitative estimate of drug-likeness (QED) is 0.276. The number of carbonyl (C=O) groups is 1. The summed E-state index contributed by atoms with van der Waals surface area (Å²) in [5.41, 5.74) is 3.05. The van der Waals surface area contributed by atoms with E-state index in [1.165, 1.54) is 44.9 Å². The highest BCUT2D eigenvalue weighted by Gasteiger charge is 2.14. The van der Waals surface area contributed by atoms with Crippen LogP contribution in [0.25, 0.3) is 11.1 Å². The Morgan fingerprint density at radius 3 is 2.22 bits per heavy atom. The molecule has 0 spiro atoms. The Morgan fingerprint density at radius 2 is 1.56 bits per heavy atom. The van der Waals surface area contributed by atoms with Crippen molar-refractivity contribution in [1.29, 1.82) is 0 Å². The molecule has 148 valence electrons. The van der Waals surface area contributed by atoms with E-state index in [9.17, 15) is 4.79 Å². The minimum Gasteiger partial charge on any atom is -0.469 e. The number of hydrogen-bond acceptors (Lipinski definition) is 3. The molecule has 0 saturated heterocycles. The van der Waals surface area contributed by atoms with Crippen molar-refractivity contribution in [1.82, 2.24) is 0 Å². The third kappa shape index (κ3) is 7.62. The molecular weight excluding hydrogens is 336 g/mol. The molecule has 0 aliphatic carbocycles. The van der Waals surface area contributed by atoms with Crippen LogP contribution >= 0.6 is 0 Å². The van der Waals surface area contributed by atoms with Gasteiger partial charge in [-0.2, -0.15) is 0 Å². The molecule has 0 fully saturated rings. The Labute approximate surface area is 164 Å². The lowest BCUT2D eigenvalue weighted by atomic mass is 10.0. The van der Waals surface area contributed by atoms with Crippen LogP contribution in [0.4, 0.5) is 0 Å². The Balaban J connectivity index is 1.64. The van der Waals surface area contributed by atoms with Gasteiger partial charge in [0, 0.05) is 17.5 Å². The van der Waals surface area contributed by atoms with Crippen molar-refractivity contribution in [2.75, 3.05) is 0 Å². The molecule has 0 aliphatic heterocycles. The van der Waals surface area contributed by atoms with E-state index in [0.717, 1.165) is 35.3 Å². The zero-order valence-electron chi connectivity index (χ0n) is 17.0. The van der Waals surface area contributed by atoms with Gasteiger partial charge >= 0.3 is 5.97 Å². The molecule has 0 atom stereocenters. The van der Waals surface area contributed by atoms with E-state index < -0.39 is 0 Å². The monoisotopic (exact) mass is 370 g/mol. The molecular formula is C24H34O3. The van der Waals surface area contributed by atoms with Crippen molar-refractivity contribution in [3.05, 3.63) is 47.9 Å². The second kappa shape index (κ2) is 12.4. The summed E-state index contributed by atoms with van der Waals surface area (Å²) in [6, 6.07) is 10.1. The van der Waals surface area contributed by atoms with Crippen LogP contribution in [0.1, 0.15) is 82.5 Å². The summed E-state index contributed by atoms with van der Waals surface area (Å²) in [5.74, 6) is 0.697. The van der Waals surface area contributed by atoms with Crippen molar-refractivity contribution in [3.63, 3.8) is 0 Å². The van der Waals surface area contributed by atoms with Crippen LogP contribution in [0.2, 0.25) is 0 Å². The number of benzene rings is 1. The lowest BCUT2D eigenvalue weighted by Gasteiger charge is -2.07. The lowest BCUT2D eigenvalue weighted by molar-refractivity contribution is -0.145. The second-order valence-corrected chi connectivity index (χ2v) is 7.29. The first-order valence-corrected chi connectivity index (χ1v) is 10.5. The van der Waals surface area contributed by atoms with Gasteiger partial charge in [-0.25, -0.2) is 0 Å². The number of unbranched alkanes of at least 4 members (excludes halogenated alkanes) is 8. The number of carbonyl (C=O) groups excluding carboxylic acids is 1. The molecule has 3 heteroatoms. The van der Waals surface area contributed by atoms with Crippen molar-refractivity contribution >= 4 is 5.97 Å². The molecule has 27 heavy (non-hydrogen) atoms. The summed E-state index contributed by atoms with van der Waals surface area (Å²) in [6.07, 6.45) is 13.5. The first-order valence-electron chi connectivity index (χ1n) is 10.5. The molecule has 0 radical (unpaired) electrons. The van der Waals surface area contributed by atoms with E-state index in [0.29, 0.717) is 6.42 Å². The van der Waals surface area contributed by atoms with E-state index in [1.807, 2.05) is 37.3 Å². The minimum absolute atomic E-state index is 0.113. The van der Waals surface area contributed by atoms with Gasteiger partial charge < -0.3 is 9.15 Å². The van der Waals surface area contributed by atoms with Crippen molar-refractivity contribution in [3.8, 4) is 11.1 Å². The summed E-state index contributed by atoms with van der Waals surface area (Å²) in [5, 5.41) is 0. The molecule has 0 saturated carbocycles. The van der Waals surface area contributed by atoms with Gasteiger partial charge in [0.1, 0.15) is 12.4 Å². The number of hydrogen-bond donors (Lipinski definition) is 0. The Kier molecular flexibility index (Phi) is 9.75. The standard InChI is InChI=1S/C24H34O3/c1-3-4-5-6-7-8-9-10-14-17-24(25)27-18-22-20(2)26-19-23(22)21-15-12-11-13-16-21/h11-13,15-16,19H,3-10,14,17-18H2,1-2H3. The molecule has 2 aromatic rings. The van der Waals surface area contributed by atoms with Gasteiger partial charge in [0.15, 0.2) is 0 Å². The van der Waals surface area contributed by atoms with Gasteiger partial charge in [-0.15, -0.1) is 0 Å². The molecule has 3 nitrogen and oxygen atoms in total. The van der Waals surface area contributed by atoms with Crippen LogP contribution in [0, 0.1) is 6.92 Å². The van der Waals surface area contributed by atoms with E-state index in [2.05, 4.69) is 6.92 Å². The van der Waals surface area contributed by atoms with E-state index in [-0.39, 0.29) is 12.6 Å². The molecule has 0 N–H and O–H groups in total. The molecule has 0 unspecified atom stereocenters. The van der Waals surface area contributed by atoms with Crippen LogP contribution in [0.3, 0.4) is 0 Å². The SMILES string of the molecule is CCCCCCCCCCCC(=O)OCc1c(-c2ccccc2)coc1C. The maximum Gasteiger partial charge on any atom is 0.306 e. The summed E-state index contributed by atoms with van der Waals surface area (Å²) in [7, 11) is 0. The van der Waals surface area contributed by atoms with Gasteiger partial charge in [-0.1, -0.05) is 88.6 Å². The maximum atomic E-state index is 12.1. The third-order valence-electron chi connectivity index (χ3n) is 5.05. The smallest absolute Gasteiger partial charge is 0.306 e. The number of ether oxygens (including phenoxy) is 1. The van der Waals surface area contributed by atoms with Gasteiger partial charge in [-0.3, -0.25) is 4.79 Å². The number of rotatable bonds is 13. The first kappa shape index (κ1) is 21.3.